The van der Waals surface area contributed by atoms with Gasteiger partial charge in [0.2, 0.25) is 0 Å². The van der Waals surface area contributed by atoms with E-state index in [0.717, 1.165) is 18.3 Å². The Bertz CT molecular complexity index is 330. The van der Waals surface area contributed by atoms with Crippen LogP contribution in [0.2, 0.25) is 0 Å². The third-order valence-electron chi connectivity index (χ3n) is 4.18. The smallest absolute Gasteiger partial charge is 0.122 e. The Balaban J connectivity index is 3.73. The van der Waals surface area contributed by atoms with E-state index in [1.165, 1.54) is 44.1 Å². The number of rotatable bonds is 11. The van der Waals surface area contributed by atoms with Gasteiger partial charge in [0.05, 0.1) is 0 Å². The Morgan fingerprint density at radius 3 is 2.38 bits per heavy atom. The van der Waals surface area contributed by atoms with Crippen LogP contribution >= 0.6 is 0 Å². The van der Waals surface area contributed by atoms with Gasteiger partial charge in [-0.15, -0.1) is 6.42 Å². The van der Waals surface area contributed by atoms with E-state index in [-0.39, 0.29) is 0 Å². The fourth-order valence-electron chi connectivity index (χ4n) is 2.52. The lowest BCUT2D eigenvalue weighted by Crippen LogP contribution is -2.20. The lowest BCUT2D eigenvalue weighted by atomic mass is 9.94. The standard InChI is InChI=1S/C20H36O/c1-7-20(6,21)16-10-15-19(5)14-9-13-18(4)12-8-11-17(2)3/h1,15,17-18,21H,8-14,16H2,2-6H3/b19-15+. The Morgan fingerprint density at radius 1 is 1.19 bits per heavy atom. The van der Waals surface area contributed by atoms with Crippen LogP contribution in [-0.2, 0) is 0 Å². The van der Waals surface area contributed by atoms with E-state index in [1.807, 2.05) is 0 Å². The molecule has 0 aromatic rings. The predicted molar refractivity (Wildman–Crippen MR) is 94.2 cm³/mol. The fourth-order valence-corrected chi connectivity index (χ4v) is 2.52. The molecular formula is C20H36O. The van der Waals surface area contributed by atoms with Gasteiger partial charge in [0.25, 0.3) is 0 Å². The minimum atomic E-state index is -0.957. The molecule has 0 radical (unpaired) electrons. The highest BCUT2D eigenvalue weighted by Gasteiger charge is 2.14. The Hall–Kier alpha value is -0.740. The second kappa shape index (κ2) is 10.9. The van der Waals surface area contributed by atoms with Crippen LogP contribution in [0.1, 0.15) is 86.0 Å². The van der Waals surface area contributed by atoms with Gasteiger partial charge in [-0.25, -0.2) is 0 Å². The lowest BCUT2D eigenvalue weighted by Gasteiger charge is -2.14. The number of terminal acetylenes is 1. The summed E-state index contributed by atoms with van der Waals surface area (Å²) in [6.45, 7) is 10.9. The molecule has 0 aromatic carbocycles. The number of hydrogen-bond acceptors (Lipinski definition) is 1. The van der Waals surface area contributed by atoms with E-state index in [4.69, 9.17) is 6.42 Å². The first-order chi connectivity index (χ1) is 9.76. The molecule has 0 amide bonds. The molecule has 0 fully saturated rings. The molecule has 0 aromatic heterocycles. The summed E-state index contributed by atoms with van der Waals surface area (Å²) in [4.78, 5) is 0. The molecular weight excluding hydrogens is 256 g/mol. The quantitative estimate of drug-likeness (QED) is 0.381. The van der Waals surface area contributed by atoms with Crippen LogP contribution in [0, 0.1) is 24.2 Å². The number of hydrogen-bond donors (Lipinski definition) is 1. The molecule has 0 bridgehead atoms. The van der Waals surface area contributed by atoms with E-state index in [0.29, 0.717) is 6.42 Å². The van der Waals surface area contributed by atoms with Crippen LogP contribution < -0.4 is 0 Å². The molecule has 0 spiro atoms. The third-order valence-corrected chi connectivity index (χ3v) is 4.18. The summed E-state index contributed by atoms with van der Waals surface area (Å²) in [6.07, 6.45) is 16.9. The summed E-state index contributed by atoms with van der Waals surface area (Å²) >= 11 is 0. The van der Waals surface area contributed by atoms with Gasteiger partial charge in [0, 0.05) is 0 Å². The zero-order valence-electron chi connectivity index (χ0n) is 14.9. The summed E-state index contributed by atoms with van der Waals surface area (Å²) in [5.74, 6) is 4.11. The van der Waals surface area contributed by atoms with Gasteiger partial charge in [-0.05, 0) is 51.4 Å². The highest BCUT2D eigenvalue weighted by Crippen LogP contribution is 2.19. The molecule has 0 saturated heterocycles. The highest BCUT2D eigenvalue weighted by atomic mass is 16.3. The molecule has 0 aliphatic carbocycles. The van der Waals surface area contributed by atoms with Gasteiger partial charge < -0.3 is 5.11 Å². The van der Waals surface area contributed by atoms with Crippen molar-refractivity contribution in [3.63, 3.8) is 0 Å². The second-order valence-electron chi connectivity index (χ2n) is 7.33. The molecule has 1 heteroatoms. The van der Waals surface area contributed by atoms with Gasteiger partial charge in [-0.1, -0.05) is 64.0 Å². The van der Waals surface area contributed by atoms with Crippen LogP contribution in [0.5, 0.6) is 0 Å². The summed E-state index contributed by atoms with van der Waals surface area (Å²) in [6, 6.07) is 0. The van der Waals surface area contributed by atoms with E-state index < -0.39 is 5.60 Å². The predicted octanol–water partition coefficient (Wildman–Crippen LogP) is 5.73. The monoisotopic (exact) mass is 292 g/mol. The summed E-state index contributed by atoms with van der Waals surface area (Å²) in [5.41, 5.74) is 0.471. The van der Waals surface area contributed by atoms with Crippen molar-refractivity contribution in [1.82, 2.24) is 0 Å². The van der Waals surface area contributed by atoms with Gasteiger partial charge in [0.15, 0.2) is 0 Å². The van der Waals surface area contributed by atoms with E-state index in [9.17, 15) is 5.11 Å². The molecule has 2 atom stereocenters. The molecule has 0 saturated carbocycles. The summed E-state index contributed by atoms with van der Waals surface area (Å²) < 4.78 is 0. The Morgan fingerprint density at radius 2 is 1.81 bits per heavy atom. The Kier molecular flexibility index (Phi) is 10.5. The van der Waals surface area contributed by atoms with Crippen molar-refractivity contribution in [2.75, 3.05) is 0 Å². The molecule has 0 aliphatic rings. The van der Waals surface area contributed by atoms with Gasteiger partial charge in [-0.2, -0.15) is 0 Å². The average molecular weight is 293 g/mol. The number of aliphatic hydroxyl groups is 1. The maximum absolute atomic E-state index is 9.74. The average Bonchev–Trinajstić information content (AvgIpc) is 2.38. The lowest BCUT2D eigenvalue weighted by molar-refractivity contribution is 0.113. The SMILES string of the molecule is C#CC(C)(O)CC/C=C(\C)CCCC(C)CCCC(C)C. The fraction of sp³-hybridized carbons (Fsp3) is 0.800. The van der Waals surface area contributed by atoms with Crippen LogP contribution in [-0.4, -0.2) is 10.7 Å². The van der Waals surface area contributed by atoms with E-state index in [2.05, 4.69) is 39.7 Å². The normalized spacial score (nSPS) is 16.6. The summed E-state index contributed by atoms with van der Waals surface area (Å²) in [5, 5.41) is 9.74. The first-order valence-electron chi connectivity index (χ1n) is 8.62. The minimum Gasteiger partial charge on any atom is -0.378 e. The molecule has 0 heterocycles. The van der Waals surface area contributed by atoms with Crippen molar-refractivity contribution >= 4 is 0 Å². The van der Waals surface area contributed by atoms with Gasteiger partial charge in [-0.3, -0.25) is 0 Å². The molecule has 2 unspecified atom stereocenters. The topological polar surface area (TPSA) is 20.2 Å². The Labute approximate surface area is 133 Å². The molecule has 122 valence electrons. The van der Waals surface area contributed by atoms with Gasteiger partial charge >= 0.3 is 0 Å². The van der Waals surface area contributed by atoms with Crippen LogP contribution in [0.15, 0.2) is 11.6 Å². The van der Waals surface area contributed by atoms with Crippen molar-refractivity contribution in [3.05, 3.63) is 11.6 Å². The summed E-state index contributed by atoms with van der Waals surface area (Å²) in [7, 11) is 0. The zero-order chi connectivity index (χ0) is 16.3. The first-order valence-corrected chi connectivity index (χ1v) is 8.62. The second-order valence-corrected chi connectivity index (χ2v) is 7.33. The van der Waals surface area contributed by atoms with Crippen molar-refractivity contribution in [2.24, 2.45) is 11.8 Å². The maximum atomic E-state index is 9.74. The molecule has 1 nitrogen and oxygen atoms in total. The van der Waals surface area contributed by atoms with Crippen molar-refractivity contribution in [1.29, 1.82) is 0 Å². The zero-order valence-corrected chi connectivity index (χ0v) is 14.9. The number of allylic oxidation sites excluding steroid dienone is 2. The molecule has 0 rings (SSSR count). The van der Waals surface area contributed by atoms with Crippen molar-refractivity contribution < 1.29 is 5.11 Å². The van der Waals surface area contributed by atoms with Gasteiger partial charge in [0.1, 0.15) is 5.60 Å². The largest absolute Gasteiger partial charge is 0.378 e. The van der Waals surface area contributed by atoms with Crippen LogP contribution in [0.4, 0.5) is 0 Å². The first kappa shape index (κ1) is 20.3. The van der Waals surface area contributed by atoms with Crippen molar-refractivity contribution in [3.8, 4) is 12.3 Å². The maximum Gasteiger partial charge on any atom is 0.122 e. The van der Waals surface area contributed by atoms with Crippen LogP contribution in [0.3, 0.4) is 0 Å². The van der Waals surface area contributed by atoms with E-state index in [1.54, 1.807) is 6.92 Å². The minimum absolute atomic E-state index is 0.645. The van der Waals surface area contributed by atoms with Crippen molar-refractivity contribution in [2.45, 2.75) is 91.6 Å². The van der Waals surface area contributed by atoms with E-state index >= 15 is 0 Å². The van der Waals surface area contributed by atoms with Crippen LogP contribution in [0.25, 0.3) is 0 Å². The molecule has 1 N–H and O–H groups in total. The highest BCUT2D eigenvalue weighted by molar-refractivity contribution is 5.06. The third kappa shape index (κ3) is 12.7. The molecule has 21 heavy (non-hydrogen) atoms. The molecule has 0 aliphatic heterocycles.